The molecule has 0 bridgehead atoms. The number of anilines is 1. The molecule has 0 fully saturated rings. The van der Waals surface area contributed by atoms with E-state index in [2.05, 4.69) is 20.8 Å². The molecule has 0 radical (unpaired) electrons. The zero-order valence-corrected chi connectivity index (χ0v) is 20.8. The molecular formula is C27H34N4O6. The molecule has 0 saturated carbocycles. The Hall–Kier alpha value is -3.57. The third-order valence-electron chi connectivity index (χ3n) is 5.21. The molecule has 3 aromatic rings. The van der Waals surface area contributed by atoms with E-state index in [-0.39, 0.29) is 32.2 Å². The number of hydrogen-bond acceptors (Lipinski definition) is 8. The van der Waals surface area contributed by atoms with Crippen LogP contribution in [0.2, 0.25) is 0 Å². The summed E-state index contributed by atoms with van der Waals surface area (Å²) in [5.41, 5.74) is 3.12. The van der Waals surface area contributed by atoms with E-state index in [1.807, 2.05) is 54.6 Å². The number of aliphatic hydroxyl groups is 2. The zero-order valence-electron chi connectivity index (χ0n) is 20.8. The number of benzene rings is 2. The minimum Gasteiger partial charge on any atom is -0.394 e. The lowest BCUT2D eigenvalue weighted by Crippen LogP contribution is -2.34. The van der Waals surface area contributed by atoms with Gasteiger partial charge in [-0.15, -0.1) is 0 Å². The minimum atomic E-state index is -0.0380. The van der Waals surface area contributed by atoms with Crippen LogP contribution in [0.25, 0.3) is 0 Å². The monoisotopic (exact) mass is 510 g/mol. The van der Waals surface area contributed by atoms with Crippen molar-refractivity contribution in [3.8, 4) is 0 Å². The maximum Gasteiger partial charge on any atom is 0.231 e. The predicted molar refractivity (Wildman–Crippen MR) is 140 cm³/mol. The number of carbonyl (C=O) groups excluding carboxylic acids is 1. The van der Waals surface area contributed by atoms with Crippen molar-refractivity contribution in [2.45, 2.75) is 12.8 Å². The van der Waals surface area contributed by atoms with Crippen LogP contribution in [0.5, 0.6) is 0 Å². The van der Waals surface area contributed by atoms with Crippen molar-refractivity contribution in [2.75, 3.05) is 58.0 Å². The Balaban J connectivity index is 1.54. The van der Waals surface area contributed by atoms with E-state index in [9.17, 15) is 4.79 Å². The number of nitrogens with zero attached hydrogens (tertiary/aromatic N) is 2. The van der Waals surface area contributed by atoms with Crippen LogP contribution < -0.4 is 10.6 Å². The van der Waals surface area contributed by atoms with Gasteiger partial charge in [-0.2, -0.15) is 0 Å². The van der Waals surface area contributed by atoms with Gasteiger partial charge in [0.2, 0.25) is 5.88 Å². The van der Waals surface area contributed by atoms with E-state index >= 15 is 0 Å². The number of nitrogens with one attached hydrogen (secondary N) is 2. The summed E-state index contributed by atoms with van der Waals surface area (Å²) in [6.45, 7) is 2.08. The number of carbonyl (C=O) groups is 1. The number of aromatic nitrogens is 1. The van der Waals surface area contributed by atoms with Crippen LogP contribution in [-0.4, -0.2) is 79.8 Å². The van der Waals surface area contributed by atoms with E-state index < -0.39 is 0 Å². The molecule has 0 aliphatic carbocycles. The van der Waals surface area contributed by atoms with Crippen LogP contribution in [0, 0.1) is 0 Å². The van der Waals surface area contributed by atoms with Gasteiger partial charge in [-0.05, 0) is 24.5 Å². The predicted octanol–water partition coefficient (Wildman–Crippen LogP) is 2.07. The fourth-order valence-corrected chi connectivity index (χ4v) is 3.44. The fraction of sp³-hybridized carbons (Fsp3) is 0.370. The van der Waals surface area contributed by atoms with Crippen LogP contribution in [0.1, 0.15) is 27.2 Å². The van der Waals surface area contributed by atoms with Crippen LogP contribution in [0.4, 0.5) is 5.88 Å². The Morgan fingerprint density at radius 3 is 2.43 bits per heavy atom. The second-order valence-corrected chi connectivity index (χ2v) is 8.03. The van der Waals surface area contributed by atoms with E-state index in [0.717, 1.165) is 11.3 Å². The molecule has 0 aliphatic heterocycles. The highest BCUT2D eigenvalue weighted by Gasteiger charge is 2.11. The molecule has 0 spiro atoms. The summed E-state index contributed by atoms with van der Waals surface area (Å²) < 4.78 is 15.9. The molecule has 2 aromatic carbocycles. The Morgan fingerprint density at radius 2 is 1.65 bits per heavy atom. The summed E-state index contributed by atoms with van der Waals surface area (Å²) in [4.78, 5) is 17.2. The molecule has 1 aromatic heterocycles. The Labute approximate surface area is 216 Å². The van der Waals surface area contributed by atoms with E-state index in [1.54, 1.807) is 6.07 Å². The van der Waals surface area contributed by atoms with Gasteiger partial charge in [-0.25, -0.2) is 0 Å². The lowest BCUT2D eigenvalue weighted by atomic mass is 9.99. The largest absolute Gasteiger partial charge is 0.394 e. The summed E-state index contributed by atoms with van der Waals surface area (Å²) in [5.74, 6) is 0.898. The van der Waals surface area contributed by atoms with Crippen molar-refractivity contribution in [3.05, 3.63) is 83.0 Å². The van der Waals surface area contributed by atoms with Gasteiger partial charge in [-0.3, -0.25) is 15.1 Å². The Bertz CT molecular complexity index is 1100. The number of ether oxygens (including phenoxy) is 2. The van der Waals surface area contributed by atoms with Crippen LogP contribution in [-0.2, 0) is 22.3 Å². The average Bonchev–Trinajstić information content (AvgIpc) is 3.39. The normalized spacial score (nSPS) is 11.5. The molecule has 10 nitrogen and oxygen atoms in total. The molecule has 3 rings (SSSR count). The second-order valence-electron chi connectivity index (χ2n) is 8.03. The molecule has 0 amide bonds. The van der Waals surface area contributed by atoms with Gasteiger partial charge in [0, 0.05) is 23.7 Å². The molecule has 0 aliphatic rings. The summed E-state index contributed by atoms with van der Waals surface area (Å²) in [6, 6.07) is 18.7. The van der Waals surface area contributed by atoms with Crippen molar-refractivity contribution < 1.29 is 29.0 Å². The SMILES string of the molecule is O=C(c1ccccc1)c1cccc(CCc2cc(NC(=NCCOCCO)NCCOCCO)on2)c1. The lowest BCUT2D eigenvalue weighted by Gasteiger charge is -2.10. The van der Waals surface area contributed by atoms with Gasteiger partial charge in [0.25, 0.3) is 0 Å². The van der Waals surface area contributed by atoms with Crippen molar-refractivity contribution >= 4 is 17.6 Å². The number of hydrogen-bond donors (Lipinski definition) is 4. The first-order valence-corrected chi connectivity index (χ1v) is 12.3. The molecule has 1 heterocycles. The first-order valence-electron chi connectivity index (χ1n) is 12.3. The number of aryl methyl sites for hydroxylation is 2. The highest BCUT2D eigenvalue weighted by atomic mass is 16.5. The summed E-state index contributed by atoms with van der Waals surface area (Å²) in [5, 5.41) is 28.0. The number of ketones is 1. The van der Waals surface area contributed by atoms with E-state index in [0.29, 0.717) is 62.1 Å². The summed E-state index contributed by atoms with van der Waals surface area (Å²) >= 11 is 0. The fourth-order valence-electron chi connectivity index (χ4n) is 3.44. The maximum absolute atomic E-state index is 12.7. The molecule has 37 heavy (non-hydrogen) atoms. The Kier molecular flexibility index (Phi) is 12.3. The number of aliphatic imine (C=N–C) groups is 1. The van der Waals surface area contributed by atoms with Crippen LogP contribution in [0.3, 0.4) is 0 Å². The maximum atomic E-state index is 12.7. The quantitative estimate of drug-likeness (QED) is 0.0987. The van der Waals surface area contributed by atoms with E-state index in [1.165, 1.54) is 0 Å². The van der Waals surface area contributed by atoms with Gasteiger partial charge in [0.15, 0.2) is 11.7 Å². The molecule has 0 unspecified atom stereocenters. The van der Waals surface area contributed by atoms with E-state index in [4.69, 9.17) is 24.2 Å². The van der Waals surface area contributed by atoms with Crippen molar-refractivity contribution in [1.82, 2.24) is 10.5 Å². The summed E-state index contributed by atoms with van der Waals surface area (Å²) in [7, 11) is 0. The van der Waals surface area contributed by atoms with Crippen LogP contribution >= 0.6 is 0 Å². The average molecular weight is 511 g/mol. The van der Waals surface area contributed by atoms with Gasteiger partial charge in [0.1, 0.15) is 0 Å². The summed E-state index contributed by atoms with van der Waals surface area (Å²) in [6.07, 6.45) is 1.34. The van der Waals surface area contributed by atoms with Gasteiger partial charge in [0.05, 0.1) is 51.9 Å². The van der Waals surface area contributed by atoms with Crippen molar-refractivity contribution in [1.29, 1.82) is 0 Å². The first-order chi connectivity index (χ1) is 18.2. The second kappa shape index (κ2) is 16.2. The topological polar surface area (TPSA) is 138 Å². The minimum absolute atomic E-state index is 0.00166. The molecule has 4 N–H and O–H groups in total. The first kappa shape index (κ1) is 28.0. The number of aliphatic hydroxyl groups excluding tert-OH is 2. The zero-order chi connectivity index (χ0) is 26.1. The Morgan fingerprint density at radius 1 is 0.892 bits per heavy atom. The van der Waals surface area contributed by atoms with Crippen molar-refractivity contribution in [3.63, 3.8) is 0 Å². The third-order valence-corrected chi connectivity index (χ3v) is 5.21. The standard InChI is InChI=1S/C27H34N4O6/c32-13-17-35-15-11-28-27(29-12-16-36-18-14-33)30-25-20-24(31-37-25)10-9-21-5-4-8-23(19-21)26(34)22-6-2-1-3-7-22/h1-8,19-20,32-33H,9-18H2,(H2,28,29,30). The molecule has 0 saturated heterocycles. The third kappa shape index (κ3) is 10.1. The molecule has 198 valence electrons. The van der Waals surface area contributed by atoms with Crippen LogP contribution in [0.15, 0.2) is 70.2 Å². The smallest absolute Gasteiger partial charge is 0.231 e. The number of guanidine groups is 1. The molecular weight excluding hydrogens is 476 g/mol. The number of rotatable bonds is 16. The van der Waals surface area contributed by atoms with Crippen molar-refractivity contribution in [2.24, 2.45) is 4.99 Å². The highest BCUT2D eigenvalue weighted by Crippen LogP contribution is 2.15. The van der Waals surface area contributed by atoms with Gasteiger partial charge >= 0.3 is 0 Å². The van der Waals surface area contributed by atoms with Gasteiger partial charge < -0.3 is 29.5 Å². The lowest BCUT2D eigenvalue weighted by molar-refractivity contribution is 0.0955. The highest BCUT2D eigenvalue weighted by molar-refractivity contribution is 6.09. The molecule has 0 atom stereocenters. The molecule has 10 heteroatoms. The van der Waals surface area contributed by atoms with Gasteiger partial charge in [-0.1, -0.05) is 53.7 Å².